The lowest BCUT2D eigenvalue weighted by Crippen LogP contribution is -2.45. The van der Waals surface area contributed by atoms with E-state index in [0.29, 0.717) is 16.8 Å². The van der Waals surface area contributed by atoms with Crippen molar-refractivity contribution in [1.29, 1.82) is 0 Å². The van der Waals surface area contributed by atoms with Crippen molar-refractivity contribution in [2.75, 3.05) is 26.2 Å². The first-order valence-corrected chi connectivity index (χ1v) is 10.6. The first kappa shape index (κ1) is 26.3. The Balaban J connectivity index is 2.02. The lowest BCUT2D eigenvalue weighted by atomic mass is 9.96. The number of likely N-dealkylation sites (tertiary alicyclic amines) is 1. The largest absolute Gasteiger partial charge is 0.619 e. The van der Waals surface area contributed by atoms with Gasteiger partial charge in [0.15, 0.2) is 25.1 Å². The van der Waals surface area contributed by atoms with Crippen molar-refractivity contribution in [2.45, 2.75) is 43.8 Å². The molecule has 182 valence electrons. The molecule has 2 rings (SSSR count). The Morgan fingerprint density at radius 1 is 1.27 bits per heavy atom. The number of aromatic nitrogens is 1. The van der Waals surface area contributed by atoms with Crippen molar-refractivity contribution in [3.05, 3.63) is 35.3 Å². The number of hydrogen-bond acceptors (Lipinski definition) is 9. The average molecular weight is 488 g/mol. The van der Waals surface area contributed by atoms with Crippen LogP contribution in [-0.4, -0.2) is 77.2 Å². The molecule has 0 radical (unpaired) electrons. The number of rotatable bonds is 13. The number of halogens is 1. The van der Waals surface area contributed by atoms with Gasteiger partial charge in [-0.2, -0.15) is 4.73 Å². The molecule has 12 nitrogen and oxygen atoms in total. The van der Waals surface area contributed by atoms with Gasteiger partial charge in [0, 0.05) is 12.6 Å². The van der Waals surface area contributed by atoms with E-state index in [9.17, 15) is 24.7 Å². The number of piperidine rings is 1. The first-order chi connectivity index (χ1) is 15.7. The Hall–Kier alpha value is -2.96. The van der Waals surface area contributed by atoms with Crippen LogP contribution in [0.25, 0.3) is 0 Å². The van der Waals surface area contributed by atoms with Gasteiger partial charge in [-0.15, -0.1) is 0 Å². The fourth-order valence-electron chi connectivity index (χ4n) is 3.33. The molecule has 1 saturated heterocycles. The molecular weight excluding hydrogens is 462 g/mol. The SMILES string of the molecule is O=C(O)CC(CC(=O)OC(CON=Cc1ccc[n+]([O-])c1)CN1CCCCC1)(OCl)C(=O)O. The molecule has 1 aromatic rings. The monoisotopic (exact) mass is 487 g/mol. The molecule has 0 saturated carbocycles. The minimum Gasteiger partial charge on any atom is -0.619 e. The smallest absolute Gasteiger partial charge is 0.339 e. The summed E-state index contributed by atoms with van der Waals surface area (Å²) in [6, 6.07) is 3.19. The Labute approximate surface area is 195 Å². The molecule has 1 fully saturated rings. The van der Waals surface area contributed by atoms with Crippen LogP contribution in [0.15, 0.2) is 29.7 Å². The molecule has 2 heterocycles. The first-order valence-electron chi connectivity index (χ1n) is 10.2. The number of hydrogen-bond donors (Lipinski definition) is 2. The van der Waals surface area contributed by atoms with Crippen molar-refractivity contribution in [3.8, 4) is 0 Å². The van der Waals surface area contributed by atoms with Gasteiger partial charge in [-0.05, 0) is 32.0 Å². The number of pyridine rings is 1. The minimum atomic E-state index is -2.47. The van der Waals surface area contributed by atoms with Gasteiger partial charge >= 0.3 is 17.9 Å². The van der Waals surface area contributed by atoms with Gasteiger partial charge in [0.1, 0.15) is 0 Å². The Kier molecular flexibility index (Phi) is 10.3. The Bertz CT molecular complexity index is 848. The third-order valence-electron chi connectivity index (χ3n) is 4.95. The maximum atomic E-state index is 12.5. The highest BCUT2D eigenvalue weighted by atomic mass is 35.5. The van der Waals surface area contributed by atoms with Gasteiger partial charge < -0.3 is 25.0 Å². The van der Waals surface area contributed by atoms with Crippen LogP contribution >= 0.6 is 11.9 Å². The van der Waals surface area contributed by atoms with Gasteiger partial charge in [0.2, 0.25) is 5.60 Å². The molecule has 0 amide bonds. The van der Waals surface area contributed by atoms with Gasteiger partial charge in [-0.3, -0.25) is 18.8 Å². The summed E-state index contributed by atoms with van der Waals surface area (Å²) < 4.78 is 10.4. The lowest BCUT2D eigenvalue weighted by molar-refractivity contribution is -0.605. The summed E-state index contributed by atoms with van der Waals surface area (Å²) in [4.78, 5) is 42.4. The van der Waals surface area contributed by atoms with Gasteiger partial charge in [0.25, 0.3) is 0 Å². The second-order valence-corrected chi connectivity index (χ2v) is 7.78. The van der Waals surface area contributed by atoms with Crippen LogP contribution in [0.1, 0.15) is 37.7 Å². The standard InChI is InChI=1S/C20H26ClN3O9/c21-33-20(19(28)29,9-17(25)26)10-18(27)32-16(13-23-6-2-1-3-7-23)14-31-22-11-15-5-4-8-24(30)12-15/h4-5,8,11-12,16H,1-3,6-7,9-10,13-14H2,(H,25,26)(H,28,29). The Morgan fingerprint density at radius 2 is 2.00 bits per heavy atom. The maximum absolute atomic E-state index is 12.5. The van der Waals surface area contributed by atoms with Crippen LogP contribution in [0.4, 0.5) is 0 Å². The number of carbonyl (C=O) groups excluding carboxylic acids is 1. The summed E-state index contributed by atoms with van der Waals surface area (Å²) in [6.07, 6.45) is 4.24. The average Bonchev–Trinajstić information content (AvgIpc) is 2.76. The van der Waals surface area contributed by atoms with Crippen LogP contribution in [0, 0.1) is 5.21 Å². The molecule has 2 unspecified atom stereocenters. The highest BCUT2D eigenvalue weighted by Gasteiger charge is 2.46. The minimum absolute atomic E-state index is 0.149. The summed E-state index contributed by atoms with van der Waals surface area (Å²) in [5.74, 6) is -4.22. The highest BCUT2D eigenvalue weighted by molar-refractivity contribution is 6.09. The van der Waals surface area contributed by atoms with E-state index in [2.05, 4.69) is 14.3 Å². The predicted molar refractivity (Wildman–Crippen MR) is 113 cm³/mol. The molecule has 1 aliphatic rings. The number of carboxylic acid groups (broad SMARTS) is 2. The molecule has 0 aliphatic carbocycles. The van der Waals surface area contributed by atoms with Crippen molar-refractivity contribution in [3.63, 3.8) is 0 Å². The quantitative estimate of drug-likeness (QED) is 0.134. The zero-order valence-electron chi connectivity index (χ0n) is 17.8. The van der Waals surface area contributed by atoms with Crippen LogP contribution in [0.5, 0.6) is 0 Å². The number of esters is 1. The Morgan fingerprint density at radius 3 is 2.61 bits per heavy atom. The van der Waals surface area contributed by atoms with Crippen LogP contribution in [0.3, 0.4) is 0 Å². The number of ether oxygens (including phenoxy) is 1. The number of nitrogens with zero attached hydrogens (tertiary/aromatic N) is 3. The number of carboxylic acids is 2. The van der Waals surface area contributed by atoms with E-state index in [0.717, 1.165) is 32.4 Å². The zero-order valence-corrected chi connectivity index (χ0v) is 18.6. The normalized spacial score (nSPS) is 17.2. The summed E-state index contributed by atoms with van der Waals surface area (Å²) in [6.45, 7) is 1.76. The van der Waals surface area contributed by atoms with Crippen molar-refractivity contribution in [1.82, 2.24) is 4.90 Å². The molecule has 1 aliphatic heterocycles. The number of aliphatic carboxylic acids is 2. The molecule has 0 aromatic carbocycles. The number of carbonyl (C=O) groups is 3. The van der Waals surface area contributed by atoms with E-state index in [4.69, 9.17) is 26.5 Å². The fourth-order valence-corrected chi connectivity index (χ4v) is 3.51. The van der Waals surface area contributed by atoms with E-state index in [-0.39, 0.29) is 6.61 Å². The molecule has 2 atom stereocenters. The molecule has 1 aromatic heterocycles. The molecule has 0 bridgehead atoms. The lowest BCUT2D eigenvalue weighted by Gasteiger charge is -2.30. The van der Waals surface area contributed by atoms with Crippen molar-refractivity contribution in [2.24, 2.45) is 5.16 Å². The molecule has 2 N–H and O–H groups in total. The predicted octanol–water partition coefficient (Wildman–Crippen LogP) is 0.927. The van der Waals surface area contributed by atoms with Gasteiger partial charge in [0.05, 0.1) is 36.5 Å². The molecule has 0 spiro atoms. The topological polar surface area (TPSA) is 162 Å². The molecule has 13 heteroatoms. The van der Waals surface area contributed by atoms with Crippen molar-refractivity contribution >= 4 is 36.0 Å². The van der Waals surface area contributed by atoms with Crippen molar-refractivity contribution < 1.29 is 43.2 Å². The third-order valence-corrected chi connectivity index (χ3v) is 5.24. The van der Waals surface area contributed by atoms with Crippen LogP contribution in [0.2, 0.25) is 0 Å². The fraction of sp³-hybridized carbons (Fsp3) is 0.550. The summed E-state index contributed by atoms with van der Waals surface area (Å²) in [7, 11) is 0. The molecular formula is C20H26ClN3O9. The number of oxime groups is 1. The zero-order chi connectivity index (χ0) is 24.3. The van der Waals surface area contributed by atoms with Gasteiger partial charge in [-0.1, -0.05) is 11.6 Å². The van der Waals surface area contributed by atoms with E-state index >= 15 is 0 Å². The third kappa shape index (κ3) is 8.83. The summed E-state index contributed by atoms with van der Waals surface area (Å²) in [5.41, 5.74) is -1.98. The second-order valence-electron chi connectivity index (χ2n) is 7.62. The second kappa shape index (κ2) is 12.9. The summed E-state index contributed by atoms with van der Waals surface area (Å²) >= 11 is 5.24. The highest BCUT2D eigenvalue weighted by Crippen LogP contribution is 2.25. The van der Waals surface area contributed by atoms with Gasteiger partial charge in [-0.25, -0.2) is 4.79 Å². The van der Waals surface area contributed by atoms with E-state index < -0.39 is 42.5 Å². The van der Waals surface area contributed by atoms with Crippen LogP contribution < -0.4 is 4.73 Å². The molecule has 33 heavy (non-hydrogen) atoms. The van der Waals surface area contributed by atoms with E-state index in [1.54, 1.807) is 12.1 Å². The van der Waals surface area contributed by atoms with Crippen LogP contribution in [-0.2, 0) is 28.2 Å². The maximum Gasteiger partial charge on any atom is 0.339 e. The van der Waals surface area contributed by atoms with E-state index in [1.807, 2.05) is 0 Å². The van der Waals surface area contributed by atoms with E-state index in [1.165, 1.54) is 18.6 Å². The summed E-state index contributed by atoms with van der Waals surface area (Å²) in [5, 5.41) is 33.4.